The number of nitrogens with zero attached hydrogens (tertiary/aromatic N) is 1. The van der Waals surface area contributed by atoms with E-state index in [1.807, 2.05) is 16.8 Å². The summed E-state index contributed by atoms with van der Waals surface area (Å²) < 4.78 is 13.8. The maximum Gasteiger partial charge on any atom is 0.411 e. The zero-order chi connectivity index (χ0) is 18.2. The van der Waals surface area contributed by atoms with E-state index in [2.05, 4.69) is 13.8 Å². The Bertz CT molecular complexity index is 672. The second-order valence-corrected chi connectivity index (χ2v) is 7.12. The van der Waals surface area contributed by atoms with Gasteiger partial charge in [-0.15, -0.1) is 0 Å². The van der Waals surface area contributed by atoms with Gasteiger partial charge in [0.05, 0.1) is 5.69 Å². The Labute approximate surface area is 153 Å². The summed E-state index contributed by atoms with van der Waals surface area (Å²) in [6.45, 7) is 4.70. The van der Waals surface area contributed by atoms with Crippen LogP contribution in [0, 0.1) is 11.7 Å². The van der Waals surface area contributed by atoms with E-state index < -0.39 is 6.09 Å². The lowest BCUT2D eigenvalue weighted by Gasteiger charge is -2.26. The van der Waals surface area contributed by atoms with Crippen LogP contribution in [0.15, 0.2) is 35.0 Å². The highest BCUT2D eigenvalue weighted by molar-refractivity contribution is 7.08. The minimum Gasteiger partial charge on any atom is -0.465 e. The van der Waals surface area contributed by atoms with E-state index >= 15 is 0 Å². The van der Waals surface area contributed by atoms with E-state index in [0.717, 1.165) is 31.2 Å². The standard InChI is InChI=1S/C20H26FNO2S/c1-3-5-6-7-15(4-2)13-22(20(23)24)19-9-8-17(21)12-18(19)16-10-11-25-14-16/h8-12,14-15H,3-7,13H2,1-2H3,(H,23,24). The Balaban J connectivity index is 2.29. The molecule has 0 aliphatic carbocycles. The van der Waals surface area contributed by atoms with Crippen molar-refractivity contribution < 1.29 is 14.3 Å². The Morgan fingerprint density at radius 1 is 1.28 bits per heavy atom. The Morgan fingerprint density at radius 3 is 2.68 bits per heavy atom. The van der Waals surface area contributed by atoms with Crippen LogP contribution in [0.2, 0.25) is 0 Å². The molecule has 0 radical (unpaired) electrons. The van der Waals surface area contributed by atoms with Crippen LogP contribution in [0.4, 0.5) is 14.9 Å². The molecule has 1 aromatic carbocycles. The fraction of sp³-hybridized carbons (Fsp3) is 0.450. The number of rotatable bonds is 9. The van der Waals surface area contributed by atoms with Crippen molar-refractivity contribution in [3.8, 4) is 11.1 Å². The van der Waals surface area contributed by atoms with Crippen LogP contribution in [-0.2, 0) is 0 Å². The van der Waals surface area contributed by atoms with Gasteiger partial charge >= 0.3 is 6.09 Å². The predicted molar refractivity (Wildman–Crippen MR) is 103 cm³/mol. The Morgan fingerprint density at radius 2 is 2.08 bits per heavy atom. The first-order valence-electron chi connectivity index (χ1n) is 8.89. The van der Waals surface area contributed by atoms with Gasteiger partial charge in [-0.25, -0.2) is 9.18 Å². The largest absolute Gasteiger partial charge is 0.465 e. The average molecular weight is 363 g/mol. The molecule has 0 saturated heterocycles. The molecule has 1 unspecified atom stereocenters. The number of carbonyl (C=O) groups is 1. The molecule has 3 nitrogen and oxygen atoms in total. The molecule has 1 atom stereocenters. The number of carboxylic acid groups (broad SMARTS) is 1. The van der Waals surface area contributed by atoms with Gasteiger partial charge in [0.2, 0.25) is 0 Å². The first-order chi connectivity index (χ1) is 12.1. The summed E-state index contributed by atoms with van der Waals surface area (Å²) in [7, 11) is 0. The summed E-state index contributed by atoms with van der Waals surface area (Å²) in [6, 6.07) is 6.22. The third kappa shape index (κ3) is 5.30. The van der Waals surface area contributed by atoms with Gasteiger partial charge in [0.15, 0.2) is 0 Å². The van der Waals surface area contributed by atoms with Crippen LogP contribution in [0.25, 0.3) is 11.1 Å². The third-order valence-electron chi connectivity index (χ3n) is 4.55. The van der Waals surface area contributed by atoms with Crippen molar-refractivity contribution in [2.45, 2.75) is 46.0 Å². The maximum atomic E-state index is 13.8. The quantitative estimate of drug-likeness (QED) is 0.507. The number of amides is 1. The van der Waals surface area contributed by atoms with E-state index in [9.17, 15) is 14.3 Å². The number of thiophene rings is 1. The first-order valence-corrected chi connectivity index (χ1v) is 9.83. The first kappa shape index (κ1) is 19.4. The maximum absolute atomic E-state index is 13.8. The van der Waals surface area contributed by atoms with E-state index in [-0.39, 0.29) is 5.82 Å². The number of benzene rings is 1. The Kier molecular flexibility index (Phi) is 7.44. The molecule has 0 spiro atoms. The second-order valence-electron chi connectivity index (χ2n) is 6.34. The molecular formula is C20H26FNO2S. The van der Waals surface area contributed by atoms with Crippen LogP contribution in [0.5, 0.6) is 0 Å². The molecule has 1 amide bonds. The second kappa shape index (κ2) is 9.56. The fourth-order valence-corrected chi connectivity index (χ4v) is 3.69. The molecule has 1 heterocycles. The minimum absolute atomic E-state index is 0.308. The highest BCUT2D eigenvalue weighted by Crippen LogP contribution is 2.34. The molecule has 2 aromatic rings. The molecule has 2 rings (SSSR count). The summed E-state index contributed by atoms with van der Waals surface area (Å²) in [5.74, 6) is -0.0479. The van der Waals surface area contributed by atoms with Gasteiger partial charge in [-0.3, -0.25) is 4.90 Å². The molecule has 0 bridgehead atoms. The number of unbranched alkanes of at least 4 members (excludes halogenated alkanes) is 2. The van der Waals surface area contributed by atoms with Crippen molar-refractivity contribution in [1.29, 1.82) is 0 Å². The molecule has 0 saturated carbocycles. The normalized spacial score (nSPS) is 12.1. The lowest BCUT2D eigenvalue weighted by atomic mass is 9.97. The van der Waals surface area contributed by atoms with Gasteiger partial charge < -0.3 is 5.11 Å². The lowest BCUT2D eigenvalue weighted by Crippen LogP contribution is -2.34. The number of halogens is 1. The average Bonchev–Trinajstić information content (AvgIpc) is 3.12. The van der Waals surface area contributed by atoms with E-state index in [0.29, 0.717) is 23.7 Å². The molecule has 0 fully saturated rings. The zero-order valence-corrected chi connectivity index (χ0v) is 15.7. The van der Waals surface area contributed by atoms with Crippen molar-refractivity contribution in [1.82, 2.24) is 0 Å². The van der Waals surface area contributed by atoms with Crippen LogP contribution in [-0.4, -0.2) is 17.7 Å². The highest BCUT2D eigenvalue weighted by atomic mass is 32.1. The van der Waals surface area contributed by atoms with E-state index in [4.69, 9.17) is 0 Å². The Hall–Kier alpha value is -1.88. The smallest absolute Gasteiger partial charge is 0.411 e. The van der Waals surface area contributed by atoms with Gasteiger partial charge in [0, 0.05) is 12.1 Å². The molecule has 136 valence electrons. The molecule has 0 aliphatic heterocycles. The molecule has 1 aromatic heterocycles. The van der Waals surface area contributed by atoms with E-state index in [1.165, 1.54) is 34.8 Å². The molecule has 5 heteroatoms. The zero-order valence-electron chi connectivity index (χ0n) is 14.9. The number of anilines is 1. The predicted octanol–water partition coefficient (Wildman–Crippen LogP) is 6.65. The third-order valence-corrected chi connectivity index (χ3v) is 5.23. The van der Waals surface area contributed by atoms with Gasteiger partial charge in [0.1, 0.15) is 5.82 Å². The van der Waals surface area contributed by atoms with Gasteiger partial charge in [-0.2, -0.15) is 11.3 Å². The summed E-state index contributed by atoms with van der Waals surface area (Å²) in [5.41, 5.74) is 2.04. The van der Waals surface area contributed by atoms with Crippen molar-refractivity contribution in [2.75, 3.05) is 11.4 Å². The minimum atomic E-state index is -0.989. The van der Waals surface area contributed by atoms with Crippen molar-refractivity contribution in [3.05, 3.63) is 40.8 Å². The summed E-state index contributed by atoms with van der Waals surface area (Å²) >= 11 is 1.51. The SMILES string of the molecule is CCCCCC(CC)CN(C(=O)O)c1ccc(F)cc1-c1ccsc1. The molecular weight excluding hydrogens is 337 g/mol. The molecule has 0 aliphatic rings. The van der Waals surface area contributed by atoms with Crippen molar-refractivity contribution in [2.24, 2.45) is 5.92 Å². The highest BCUT2D eigenvalue weighted by Gasteiger charge is 2.22. The summed E-state index contributed by atoms with van der Waals surface area (Å²) in [6.07, 6.45) is 4.39. The lowest BCUT2D eigenvalue weighted by molar-refractivity contribution is 0.200. The van der Waals surface area contributed by atoms with E-state index in [1.54, 1.807) is 6.07 Å². The van der Waals surface area contributed by atoms with Gasteiger partial charge in [-0.05, 0) is 52.9 Å². The molecule has 1 N–H and O–H groups in total. The van der Waals surface area contributed by atoms with Crippen molar-refractivity contribution in [3.63, 3.8) is 0 Å². The van der Waals surface area contributed by atoms with Crippen LogP contribution >= 0.6 is 11.3 Å². The summed E-state index contributed by atoms with van der Waals surface area (Å²) in [4.78, 5) is 13.3. The fourth-order valence-electron chi connectivity index (χ4n) is 3.04. The number of hydrogen-bond acceptors (Lipinski definition) is 2. The van der Waals surface area contributed by atoms with Crippen LogP contribution in [0.1, 0.15) is 46.0 Å². The monoisotopic (exact) mass is 363 g/mol. The van der Waals surface area contributed by atoms with Crippen molar-refractivity contribution >= 4 is 23.1 Å². The number of hydrogen-bond donors (Lipinski definition) is 1. The topological polar surface area (TPSA) is 40.5 Å². The summed E-state index contributed by atoms with van der Waals surface area (Å²) in [5, 5.41) is 13.6. The molecule has 25 heavy (non-hydrogen) atoms. The van der Waals surface area contributed by atoms with Crippen LogP contribution < -0.4 is 4.90 Å². The van der Waals surface area contributed by atoms with Gasteiger partial charge in [-0.1, -0.05) is 39.5 Å². The van der Waals surface area contributed by atoms with Gasteiger partial charge in [0.25, 0.3) is 0 Å². The van der Waals surface area contributed by atoms with Crippen LogP contribution in [0.3, 0.4) is 0 Å².